The van der Waals surface area contributed by atoms with Crippen LogP contribution in [0.15, 0.2) is 0 Å². The first-order chi connectivity index (χ1) is 66.9. The topological polar surface area (TPSA) is 984 Å². The summed E-state index contributed by atoms with van der Waals surface area (Å²) in [6, 6.07) is -9.70. The predicted molar refractivity (Wildman–Crippen MR) is 436 cm³/mol. The molecule has 36 N–H and O–H groups in total. The summed E-state index contributed by atoms with van der Waals surface area (Å²) in [7, 11) is 0. The van der Waals surface area contributed by atoms with Crippen molar-refractivity contribution in [3.8, 4) is 0 Å². The van der Waals surface area contributed by atoms with E-state index in [2.05, 4.69) is 26.6 Å². The number of aliphatic hydroxyl groups excluding tert-OH is 30. The van der Waals surface area contributed by atoms with Crippen molar-refractivity contribution in [2.75, 3.05) is 66.1 Å². The second-order valence-electron chi connectivity index (χ2n) is 36.0. The number of amides is 5. The van der Waals surface area contributed by atoms with Gasteiger partial charge in [0, 0.05) is 41.0 Å². The molecule has 63 nitrogen and oxygen atoms in total. The molecule has 11 heterocycles. The summed E-state index contributed by atoms with van der Waals surface area (Å²) in [5, 5.41) is 360. The number of carbonyl (C=O) groups is 6. The van der Waals surface area contributed by atoms with E-state index < -0.39 is 451 Å². The third kappa shape index (κ3) is 26.0. The average molecular weight is 2080 g/mol. The van der Waals surface area contributed by atoms with Gasteiger partial charge in [0.05, 0.1) is 84.3 Å². The van der Waals surface area contributed by atoms with Crippen LogP contribution in [0.1, 0.15) is 48.0 Å². The third-order valence-corrected chi connectivity index (χ3v) is 25.9. The highest BCUT2D eigenvalue weighted by Crippen LogP contribution is 2.43. The van der Waals surface area contributed by atoms with Crippen LogP contribution in [0.5, 0.6) is 0 Å². The minimum Gasteiger partial charge on any atom is -0.477 e. The first-order valence-electron chi connectivity index (χ1n) is 45.1. The van der Waals surface area contributed by atoms with Crippen molar-refractivity contribution in [3.63, 3.8) is 0 Å². The summed E-state index contributed by atoms with van der Waals surface area (Å²) in [5.74, 6) is -10.0. The summed E-state index contributed by atoms with van der Waals surface area (Å²) < 4.78 is 125. The fourth-order valence-corrected chi connectivity index (χ4v) is 18.3. The van der Waals surface area contributed by atoms with Gasteiger partial charge in [-0.3, -0.25) is 24.0 Å². The smallest absolute Gasteiger partial charge is 0.364 e. The molecule has 11 aliphatic heterocycles. The number of carboxylic acids is 1. The van der Waals surface area contributed by atoms with Crippen LogP contribution in [0.4, 0.5) is 0 Å². The number of hydrogen-bond donors (Lipinski definition) is 36. The average Bonchev–Trinajstić information content (AvgIpc) is 0.764. The van der Waals surface area contributed by atoms with E-state index in [1.807, 2.05) is 0 Å². The Hall–Kier alpha value is -5.22. The van der Waals surface area contributed by atoms with Gasteiger partial charge in [0.25, 0.3) is 5.79 Å². The monoisotopic (exact) mass is 2080 g/mol. The molecule has 0 aliphatic carbocycles. The fourth-order valence-electron chi connectivity index (χ4n) is 18.3. The largest absolute Gasteiger partial charge is 0.477 e. The lowest BCUT2D eigenvalue weighted by Gasteiger charge is -2.51. The van der Waals surface area contributed by atoms with Crippen LogP contribution in [0.2, 0.25) is 0 Å². The molecule has 63 heteroatoms. The van der Waals surface area contributed by atoms with Gasteiger partial charge in [-0.05, 0) is 6.92 Å². The van der Waals surface area contributed by atoms with Crippen molar-refractivity contribution in [1.29, 1.82) is 0 Å². The lowest BCUT2D eigenvalue weighted by atomic mass is 9.88. The lowest BCUT2D eigenvalue weighted by molar-refractivity contribution is -0.399. The highest BCUT2D eigenvalue weighted by molar-refractivity contribution is 5.77. The van der Waals surface area contributed by atoms with E-state index in [4.69, 9.17) is 99.5 Å². The number of rotatable bonds is 38. The highest BCUT2D eigenvalue weighted by Gasteiger charge is 2.64. The zero-order valence-electron chi connectivity index (χ0n) is 76.4. The molecule has 0 aromatic carbocycles. The molecule has 5 amide bonds. The molecule has 11 aliphatic rings. The summed E-state index contributed by atoms with van der Waals surface area (Å²) in [6.45, 7) is -5.99. The van der Waals surface area contributed by atoms with Crippen LogP contribution in [0.3, 0.4) is 0 Å². The third-order valence-electron chi connectivity index (χ3n) is 25.9. The Morgan fingerprint density at radius 3 is 1.05 bits per heavy atom. The van der Waals surface area contributed by atoms with Gasteiger partial charge < -0.3 is 284 Å². The van der Waals surface area contributed by atoms with Crippen molar-refractivity contribution in [2.45, 2.75) is 391 Å². The maximum absolute atomic E-state index is 13.4. The van der Waals surface area contributed by atoms with E-state index in [0.717, 1.165) is 34.6 Å². The molecule has 11 fully saturated rings. The molecule has 0 spiro atoms. The summed E-state index contributed by atoms with van der Waals surface area (Å²) in [6.07, 6.45) is -110. The molecule has 0 unspecified atom stereocenters. The summed E-state index contributed by atoms with van der Waals surface area (Å²) in [4.78, 5) is 77.5. The van der Waals surface area contributed by atoms with Gasteiger partial charge in [-0.25, -0.2) is 4.79 Å². The van der Waals surface area contributed by atoms with E-state index in [1.54, 1.807) is 0 Å². The van der Waals surface area contributed by atoms with E-state index in [1.165, 1.54) is 6.92 Å². The maximum atomic E-state index is 13.4. The number of nitrogens with one attached hydrogen (secondary N) is 5. The Labute approximate surface area is 803 Å². The zero-order chi connectivity index (χ0) is 105. The van der Waals surface area contributed by atoms with Crippen molar-refractivity contribution in [2.24, 2.45) is 0 Å². The Morgan fingerprint density at radius 2 is 0.620 bits per heavy atom. The molecule has 820 valence electrons. The van der Waals surface area contributed by atoms with Crippen molar-refractivity contribution >= 4 is 35.5 Å². The predicted octanol–water partition coefficient (Wildman–Crippen LogP) is -24.0. The molecule has 0 aromatic heterocycles. The minimum atomic E-state index is -3.12. The Kier molecular flexibility index (Phi) is 41.7. The number of carboxylic acid groups (broad SMARTS) is 1. The molecular weight excluding hydrogens is 1950 g/mol. The van der Waals surface area contributed by atoms with E-state index in [0.29, 0.717) is 0 Å². The quantitative estimate of drug-likeness (QED) is 0.0273. The maximum Gasteiger partial charge on any atom is 0.364 e. The van der Waals surface area contributed by atoms with E-state index in [-0.39, 0.29) is 0 Å². The normalized spacial score (nSPS) is 48.0. The molecule has 0 saturated carbocycles. The Balaban J connectivity index is 0.908. The molecule has 11 rings (SSSR count). The number of carbonyl (C=O) groups excluding carboxylic acids is 5. The van der Waals surface area contributed by atoms with Crippen LogP contribution in [0.25, 0.3) is 0 Å². The van der Waals surface area contributed by atoms with Gasteiger partial charge in [-0.2, -0.15) is 0 Å². The molecule has 0 radical (unpaired) electrons. The number of ether oxygens (including phenoxy) is 21. The summed E-state index contributed by atoms with van der Waals surface area (Å²) >= 11 is 0. The zero-order valence-corrected chi connectivity index (χ0v) is 76.4. The van der Waals surface area contributed by atoms with Gasteiger partial charge >= 0.3 is 5.97 Å². The molecular formula is C79H131N5O58. The van der Waals surface area contributed by atoms with Crippen LogP contribution in [0, 0.1) is 0 Å². The fraction of sp³-hybridized carbons (Fsp3) is 0.924. The van der Waals surface area contributed by atoms with E-state index >= 15 is 0 Å². The highest BCUT2D eigenvalue weighted by atomic mass is 16.8. The second-order valence-corrected chi connectivity index (χ2v) is 36.0. The van der Waals surface area contributed by atoms with Crippen LogP contribution < -0.4 is 26.6 Å². The van der Waals surface area contributed by atoms with E-state index in [9.17, 15) is 187 Å². The molecule has 11 saturated heterocycles. The number of aliphatic carboxylic acids is 1. The Morgan fingerprint density at radius 1 is 0.303 bits per heavy atom. The molecule has 56 atom stereocenters. The van der Waals surface area contributed by atoms with Crippen LogP contribution in [-0.2, 0) is 128 Å². The Bertz CT molecular complexity index is 4010. The van der Waals surface area contributed by atoms with Crippen molar-refractivity contribution in [1.82, 2.24) is 26.6 Å². The van der Waals surface area contributed by atoms with Crippen LogP contribution in [-0.4, -0.2) is 603 Å². The molecule has 0 aromatic rings. The first-order valence-corrected chi connectivity index (χ1v) is 45.1. The van der Waals surface area contributed by atoms with Gasteiger partial charge in [-0.1, -0.05) is 0 Å². The second kappa shape index (κ2) is 50.6. The van der Waals surface area contributed by atoms with Crippen molar-refractivity contribution in [3.05, 3.63) is 0 Å². The number of aliphatic hydroxyl groups is 30. The van der Waals surface area contributed by atoms with Gasteiger partial charge in [-0.15, -0.1) is 0 Å². The first kappa shape index (κ1) is 117. The standard InChI is InChI=1S/C79H131N5O58/c1-18-40(99)51(110)56(115)72(125-18)122-16-34-63(47(106)36(68(119)126-34)81-20(3)93)135-69-37(82-21(4)94)48(107)62(31(14-91)130-69)138-75-59(118)65(46(105)32(133-75)15-123-76-66(54(113)43(102)27(10-87)128-76)140-70-38(83-22(5)95)49(108)60(29(12-89)131-70)136-73-57(116)52(111)42(101)26(9-86)127-73)139-77-67(55(114)44(103)28(11-88)129-77)141-71-39(84-23(6)96)50(109)61(30(13-90)132-71)137-74-58(117)53(112)45(104)33(134-74)17-124-79(78(120)121)7-24(97)35(80-19(2)92)64(142-79)41(100)25(98)8-85/h18,24-77,85-91,97-119H,7-17H2,1-6H3,(H,80,92)(H,81,93)(H,82,94)(H,83,95)(H,84,96)(H,120,121)/t18-,24-,25+,26+,27+,28+,29+,30+,31+,32+,33+,34+,35+,36+,37+,38+,39+,40+,41+,42-,43+,44+,45-,46+,47+,48+,49+,50+,51+,52-,53-,54-,55-,56-,57+,58+,59-,60+,61+,62+,63+,64+,65-,66-,67-,68+,69-,70-,71-,72+,73+,74-,75-,76-,77+,79+/m0/s1. The SMILES string of the molecule is CC(=O)N[C@@H]1[C@@H](O)[C@H](O[C@@H]2O[C@H](CO)[C@@H](O[C@@H]3O[C@H](CO[C@H]4O[C@H](CO)[C@@H](O)[C@H](O)[C@@H]4O[C@@H]4O[C@H](CO)[C@@H](O[C@H]5O[C@H](CO)[C@H](O)[C@H](O)[C@H]5O)[C@H](O)[C@H]4NC(C)=O)[C@@H](O)[C@H](O[C@H]4O[C@H](CO)[C@@H](O)[C@H](O)[C@@H]4O[C@@H]4O[C@H](CO)[C@@H](O[C@@H]5O[C@H](CO[C@]6(C(=O)O)C[C@H](O)[C@@H](NC(C)=O)[C@H]([C@H](O)[C@H](O)CO)O6)[C@H](O)[C@H](O)[C@H]5O)[C@H](O)[C@H]4NC(C)=O)[C@@H]3O)[C@H](O)[C@H]2NC(C)=O)[C@@H](CO[C@@H]2O[C@@H](C)[C@@H](O)[C@@H](O)[C@@H]2O)O[C@H]1O. The molecule has 0 bridgehead atoms. The van der Waals surface area contributed by atoms with Crippen molar-refractivity contribution < 1.29 is 287 Å². The molecule has 142 heavy (non-hydrogen) atoms. The minimum absolute atomic E-state index is 0.848. The van der Waals surface area contributed by atoms with Gasteiger partial charge in [0.1, 0.15) is 256 Å². The van der Waals surface area contributed by atoms with Gasteiger partial charge in [0.2, 0.25) is 29.5 Å². The number of hydrogen-bond acceptors (Lipinski definition) is 57. The summed E-state index contributed by atoms with van der Waals surface area (Å²) in [5.41, 5.74) is 0. The van der Waals surface area contributed by atoms with Crippen LogP contribution >= 0.6 is 0 Å². The lowest BCUT2D eigenvalue weighted by Crippen LogP contribution is -2.71. The van der Waals surface area contributed by atoms with Gasteiger partial charge in [0.15, 0.2) is 62.9 Å².